The van der Waals surface area contributed by atoms with Gasteiger partial charge in [0.15, 0.2) is 0 Å². The third-order valence-electron chi connectivity index (χ3n) is 4.00. The van der Waals surface area contributed by atoms with Crippen LogP contribution in [0.5, 0.6) is 0 Å². The van der Waals surface area contributed by atoms with E-state index in [9.17, 15) is 23.1 Å². The molecule has 1 aliphatic heterocycles. The zero-order chi connectivity index (χ0) is 17.2. The predicted molar refractivity (Wildman–Crippen MR) is 83.6 cm³/mol. The third kappa shape index (κ3) is 3.37. The molecule has 1 aromatic carbocycles. The third-order valence-corrected chi connectivity index (χ3v) is 5.90. The van der Waals surface area contributed by atoms with Gasteiger partial charge in [-0.3, -0.25) is 9.59 Å². The second-order valence-corrected chi connectivity index (χ2v) is 7.35. The summed E-state index contributed by atoms with van der Waals surface area (Å²) in [6, 6.07) is 4.69. The van der Waals surface area contributed by atoms with Crippen LogP contribution in [0.15, 0.2) is 29.2 Å². The molecule has 1 heterocycles. The van der Waals surface area contributed by atoms with Crippen LogP contribution in [-0.4, -0.2) is 60.8 Å². The maximum Gasteiger partial charge on any atom is 0.322 e. The number of aliphatic carboxylic acids is 1. The summed E-state index contributed by atoms with van der Waals surface area (Å²) in [7, 11) is -2.31. The first kappa shape index (κ1) is 17.4. The molecule has 0 aliphatic carbocycles. The first-order valence-corrected chi connectivity index (χ1v) is 8.83. The van der Waals surface area contributed by atoms with Gasteiger partial charge in [-0.1, -0.05) is 6.07 Å². The van der Waals surface area contributed by atoms with Gasteiger partial charge < -0.3 is 10.0 Å². The molecule has 0 unspecified atom stereocenters. The molecule has 1 fully saturated rings. The topological polar surface area (TPSA) is 95.0 Å². The smallest absolute Gasteiger partial charge is 0.322 e. The summed E-state index contributed by atoms with van der Waals surface area (Å²) in [5.74, 6) is -1.43. The van der Waals surface area contributed by atoms with Gasteiger partial charge in [-0.25, -0.2) is 8.42 Å². The van der Waals surface area contributed by atoms with E-state index >= 15 is 0 Å². The van der Waals surface area contributed by atoms with Crippen LogP contribution in [0.4, 0.5) is 0 Å². The number of rotatable bonds is 5. The van der Waals surface area contributed by atoms with E-state index in [2.05, 4.69) is 0 Å². The lowest BCUT2D eigenvalue weighted by molar-refractivity contribution is -0.140. The van der Waals surface area contributed by atoms with Gasteiger partial charge in [0.1, 0.15) is 6.04 Å². The van der Waals surface area contributed by atoms with Gasteiger partial charge in [0, 0.05) is 25.7 Å². The van der Waals surface area contributed by atoms with Crippen molar-refractivity contribution in [2.24, 2.45) is 0 Å². The van der Waals surface area contributed by atoms with Crippen LogP contribution in [0.3, 0.4) is 0 Å². The Balaban J connectivity index is 2.37. The largest absolute Gasteiger partial charge is 0.480 e. The van der Waals surface area contributed by atoms with E-state index in [4.69, 9.17) is 0 Å². The van der Waals surface area contributed by atoms with Crippen molar-refractivity contribution in [2.45, 2.75) is 30.7 Å². The fraction of sp³-hybridized carbons (Fsp3) is 0.467. The predicted octanol–water partition coefficient (Wildman–Crippen LogP) is 1.02. The number of sulfonamides is 1. The van der Waals surface area contributed by atoms with Crippen molar-refractivity contribution < 1.29 is 23.1 Å². The summed E-state index contributed by atoms with van der Waals surface area (Å²) in [5, 5.41) is 9.17. The van der Waals surface area contributed by atoms with Crippen molar-refractivity contribution in [3.63, 3.8) is 0 Å². The van der Waals surface area contributed by atoms with Crippen LogP contribution in [0.25, 0.3) is 0 Å². The van der Waals surface area contributed by atoms with Crippen LogP contribution < -0.4 is 0 Å². The second-order valence-electron chi connectivity index (χ2n) is 5.46. The van der Waals surface area contributed by atoms with E-state index < -0.39 is 22.0 Å². The fourth-order valence-electron chi connectivity index (χ4n) is 2.56. The molecule has 126 valence electrons. The Bertz CT molecular complexity index is 716. The van der Waals surface area contributed by atoms with Gasteiger partial charge in [0.25, 0.3) is 5.91 Å². The number of carbonyl (C=O) groups excluding carboxylic acids is 1. The van der Waals surface area contributed by atoms with Crippen LogP contribution in [-0.2, 0) is 14.8 Å². The summed E-state index contributed by atoms with van der Waals surface area (Å²) in [6.45, 7) is 2.50. The minimum Gasteiger partial charge on any atom is -0.480 e. The summed E-state index contributed by atoms with van der Waals surface area (Å²) in [6.07, 6.45) is 0.805. The molecule has 0 bridgehead atoms. The Labute approximate surface area is 135 Å². The number of carboxylic acid groups (broad SMARTS) is 1. The number of hydrogen-bond acceptors (Lipinski definition) is 4. The lowest BCUT2D eigenvalue weighted by Crippen LogP contribution is -2.40. The molecule has 0 aromatic heterocycles. The molecule has 1 saturated heterocycles. The van der Waals surface area contributed by atoms with Gasteiger partial charge in [-0.2, -0.15) is 4.31 Å². The van der Waals surface area contributed by atoms with Crippen LogP contribution in [0, 0.1) is 0 Å². The van der Waals surface area contributed by atoms with Crippen molar-refractivity contribution >= 4 is 21.9 Å². The highest BCUT2D eigenvalue weighted by Gasteiger charge is 2.39. The van der Waals surface area contributed by atoms with Gasteiger partial charge in [-0.15, -0.1) is 0 Å². The quantitative estimate of drug-likeness (QED) is 0.863. The molecule has 1 N–H and O–H groups in total. The van der Waals surface area contributed by atoms with E-state index in [1.165, 1.54) is 23.1 Å². The van der Waals surface area contributed by atoms with E-state index in [-0.39, 0.29) is 22.9 Å². The standard InChI is InChI=1S/C15H20N2O5S/c1-3-16(2)14(18)11-6-4-7-12(10-11)23(21,22)17-9-5-8-13(17)15(19)20/h4,6-7,10,13H,3,5,8-9H2,1-2H3,(H,19,20)/t13-/m1/s1. The fourth-order valence-corrected chi connectivity index (χ4v) is 4.26. The van der Waals surface area contributed by atoms with Crippen molar-refractivity contribution in [1.29, 1.82) is 0 Å². The maximum atomic E-state index is 12.7. The summed E-state index contributed by atoms with van der Waals surface area (Å²) in [4.78, 5) is 24.8. The molecule has 23 heavy (non-hydrogen) atoms. The lowest BCUT2D eigenvalue weighted by Gasteiger charge is -2.21. The second kappa shape index (κ2) is 6.67. The van der Waals surface area contributed by atoms with Crippen LogP contribution in [0.1, 0.15) is 30.1 Å². The van der Waals surface area contributed by atoms with E-state index in [0.29, 0.717) is 19.4 Å². The summed E-state index contributed by atoms with van der Waals surface area (Å²) >= 11 is 0. The number of carboxylic acids is 1. The summed E-state index contributed by atoms with van der Waals surface area (Å²) < 4.78 is 26.4. The zero-order valence-corrected chi connectivity index (χ0v) is 13.9. The highest BCUT2D eigenvalue weighted by atomic mass is 32.2. The van der Waals surface area contributed by atoms with Gasteiger partial charge in [0.2, 0.25) is 10.0 Å². The van der Waals surface area contributed by atoms with E-state index in [1.54, 1.807) is 13.1 Å². The molecule has 1 amide bonds. The molecule has 8 heteroatoms. The molecular formula is C15H20N2O5S. The highest BCUT2D eigenvalue weighted by molar-refractivity contribution is 7.89. The monoisotopic (exact) mass is 340 g/mol. The molecule has 0 saturated carbocycles. The maximum absolute atomic E-state index is 12.7. The molecule has 1 aromatic rings. The Kier molecular flexibility index (Phi) is 5.06. The molecule has 1 atom stereocenters. The van der Waals surface area contributed by atoms with E-state index in [1.807, 2.05) is 6.92 Å². The Morgan fingerprint density at radius 3 is 2.70 bits per heavy atom. The number of carbonyl (C=O) groups is 2. The lowest BCUT2D eigenvalue weighted by atomic mass is 10.2. The number of benzene rings is 1. The number of amides is 1. The molecule has 1 aliphatic rings. The molecule has 2 rings (SSSR count). The SMILES string of the molecule is CCN(C)C(=O)c1cccc(S(=O)(=O)N2CCC[C@@H]2C(=O)O)c1. The van der Waals surface area contributed by atoms with Crippen molar-refractivity contribution in [3.8, 4) is 0 Å². The minimum absolute atomic E-state index is 0.0546. The van der Waals surface area contributed by atoms with Crippen molar-refractivity contribution in [2.75, 3.05) is 20.1 Å². The Morgan fingerprint density at radius 1 is 1.39 bits per heavy atom. The van der Waals surface area contributed by atoms with Gasteiger partial charge in [-0.05, 0) is 38.0 Å². The number of nitrogens with zero attached hydrogens (tertiary/aromatic N) is 2. The first-order valence-electron chi connectivity index (χ1n) is 7.39. The molecule has 0 radical (unpaired) electrons. The van der Waals surface area contributed by atoms with Crippen molar-refractivity contribution in [1.82, 2.24) is 9.21 Å². The van der Waals surface area contributed by atoms with Gasteiger partial charge >= 0.3 is 5.97 Å². The molecular weight excluding hydrogens is 320 g/mol. The number of hydrogen-bond donors (Lipinski definition) is 1. The zero-order valence-electron chi connectivity index (χ0n) is 13.1. The molecule has 0 spiro atoms. The van der Waals surface area contributed by atoms with E-state index in [0.717, 1.165) is 4.31 Å². The Hall–Kier alpha value is -1.93. The van der Waals surface area contributed by atoms with Crippen molar-refractivity contribution in [3.05, 3.63) is 29.8 Å². The van der Waals surface area contributed by atoms with Crippen LogP contribution >= 0.6 is 0 Å². The highest BCUT2D eigenvalue weighted by Crippen LogP contribution is 2.26. The average Bonchev–Trinajstić information content (AvgIpc) is 3.04. The molecule has 7 nitrogen and oxygen atoms in total. The summed E-state index contributed by atoms with van der Waals surface area (Å²) in [5.41, 5.74) is 0.265. The van der Waals surface area contributed by atoms with Crippen LogP contribution in [0.2, 0.25) is 0 Å². The normalized spacial score (nSPS) is 18.8. The minimum atomic E-state index is -3.94. The average molecular weight is 340 g/mol. The first-order chi connectivity index (χ1) is 10.8. The Morgan fingerprint density at radius 2 is 2.09 bits per heavy atom. The van der Waals surface area contributed by atoms with Gasteiger partial charge in [0.05, 0.1) is 4.90 Å².